The van der Waals surface area contributed by atoms with Gasteiger partial charge in [0.2, 0.25) is 5.95 Å². The first-order valence-corrected chi connectivity index (χ1v) is 10.9. The van der Waals surface area contributed by atoms with Crippen molar-refractivity contribution in [1.29, 1.82) is 0 Å². The van der Waals surface area contributed by atoms with Gasteiger partial charge in [-0.25, -0.2) is 4.98 Å². The molecule has 3 atom stereocenters. The van der Waals surface area contributed by atoms with Gasteiger partial charge in [-0.1, -0.05) is 30.3 Å². The number of aromatic nitrogens is 4. The Morgan fingerprint density at radius 3 is 2.76 bits per heavy atom. The Hall–Kier alpha value is -3.73. The number of aliphatic hydroxyl groups is 1. The molecule has 2 aromatic heterocycles. The lowest BCUT2D eigenvalue weighted by Crippen LogP contribution is -2.26. The summed E-state index contributed by atoms with van der Waals surface area (Å²) in [6.45, 7) is 0.681. The van der Waals surface area contributed by atoms with Crippen molar-refractivity contribution >= 4 is 22.8 Å². The largest absolute Gasteiger partial charge is 0.497 e. The van der Waals surface area contributed by atoms with Gasteiger partial charge in [-0.2, -0.15) is 4.98 Å². The number of aromatic amines is 1. The number of methoxy groups -OCH3 is 1. The summed E-state index contributed by atoms with van der Waals surface area (Å²) in [4.78, 5) is 24.0. The molecule has 3 heterocycles. The minimum absolute atomic E-state index is 0.196. The van der Waals surface area contributed by atoms with E-state index >= 15 is 0 Å². The van der Waals surface area contributed by atoms with Crippen molar-refractivity contribution in [2.45, 2.75) is 31.5 Å². The molecular formula is C24H25N5O5. The molecule has 176 valence electrons. The third-order valence-electron chi connectivity index (χ3n) is 5.69. The molecule has 0 bridgehead atoms. The van der Waals surface area contributed by atoms with E-state index < -0.39 is 18.4 Å². The van der Waals surface area contributed by atoms with Crippen molar-refractivity contribution in [3.8, 4) is 5.75 Å². The molecule has 10 heteroatoms. The summed E-state index contributed by atoms with van der Waals surface area (Å²) in [5, 5.41) is 13.6. The fourth-order valence-corrected chi connectivity index (χ4v) is 3.91. The van der Waals surface area contributed by atoms with Crippen LogP contribution in [0.4, 0.5) is 11.6 Å². The van der Waals surface area contributed by atoms with Crippen LogP contribution in [-0.2, 0) is 16.1 Å². The number of H-pyrrole nitrogens is 1. The third kappa shape index (κ3) is 4.65. The molecule has 4 aromatic rings. The van der Waals surface area contributed by atoms with Gasteiger partial charge in [0.1, 0.15) is 18.1 Å². The average Bonchev–Trinajstić information content (AvgIpc) is 3.44. The third-order valence-corrected chi connectivity index (χ3v) is 5.69. The van der Waals surface area contributed by atoms with E-state index in [0.717, 1.165) is 17.0 Å². The van der Waals surface area contributed by atoms with E-state index in [2.05, 4.69) is 20.3 Å². The number of imidazole rings is 1. The Kier molecular flexibility index (Phi) is 6.26. The summed E-state index contributed by atoms with van der Waals surface area (Å²) in [6, 6.07) is 17.0. The number of anilines is 2. The molecule has 0 amide bonds. The van der Waals surface area contributed by atoms with Crippen molar-refractivity contribution in [3.63, 3.8) is 0 Å². The molecule has 2 aromatic carbocycles. The molecule has 1 aliphatic rings. The number of hydrogen-bond donors (Lipinski definition) is 3. The molecule has 10 nitrogen and oxygen atoms in total. The first-order chi connectivity index (χ1) is 16.6. The van der Waals surface area contributed by atoms with Crippen molar-refractivity contribution < 1.29 is 19.3 Å². The summed E-state index contributed by atoms with van der Waals surface area (Å²) < 4.78 is 18.6. The number of ether oxygens (including phenoxy) is 3. The minimum Gasteiger partial charge on any atom is -0.497 e. The van der Waals surface area contributed by atoms with Crippen LogP contribution in [0.3, 0.4) is 0 Å². The number of hydrogen-bond acceptors (Lipinski definition) is 8. The molecule has 1 saturated heterocycles. The first kappa shape index (κ1) is 22.1. The van der Waals surface area contributed by atoms with Gasteiger partial charge in [0, 0.05) is 12.1 Å². The van der Waals surface area contributed by atoms with Gasteiger partial charge in [-0.05, 0) is 29.8 Å². The number of rotatable bonds is 8. The second-order valence-corrected chi connectivity index (χ2v) is 8.03. The monoisotopic (exact) mass is 463 g/mol. The highest BCUT2D eigenvalue weighted by molar-refractivity contribution is 5.72. The lowest BCUT2D eigenvalue weighted by Gasteiger charge is -2.16. The fourth-order valence-electron chi connectivity index (χ4n) is 3.91. The number of benzene rings is 2. The van der Waals surface area contributed by atoms with E-state index in [4.69, 9.17) is 14.2 Å². The Morgan fingerprint density at radius 2 is 2.00 bits per heavy atom. The summed E-state index contributed by atoms with van der Waals surface area (Å²) in [5.41, 5.74) is 1.97. The van der Waals surface area contributed by atoms with Crippen LogP contribution in [0.2, 0.25) is 0 Å². The molecule has 0 unspecified atom stereocenters. The molecule has 34 heavy (non-hydrogen) atoms. The Morgan fingerprint density at radius 1 is 1.21 bits per heavy atom. The summed E-state index contributed by atoms with van der Waals surface area (Å²) >= 11 is 0. The van der Waals surface area contributed by atoms with Gasteiger partial charge >= 0.3 is 0 Å². The van der Waals surface area contributed by atoms with E-state index in [0.29, 0.717) is 18.7 Å². The van der Waals surface area contributed by atoms with Crippen molar-refractivity contribution in [1.82, 2.24) is 19.5 Å². The topological polar surface area (TPSA) is 124 Å². The smallest absolute Gasteiger partial charge is 0.280 e. The van der Waals surface area contributed by atoms with Crippen LogP contribution in [0, 0.1) is 0 Å². The van der Waals surface area contributed by atoms with E-state index in [-0.39, 0.29) is 23.6 Å². The van der Waals surface area contributed by atoms with Crippen LogP contribution in [-0.4, -0.2) is 50.6 Å². The molecule has 3 N–H and O–H groups in total. The van der Waals surface area contributed by atoms with E-state index in [1.165, 1.54) is 6.33 Å². The summed E-state index contributed by atoms with van der Waals surface area (Å²) in [5.74, 6) is 0.991. The first-order valence-electron chi connectivity index (χ1n) is 10.9. The van der Waals surface area contributed by atoms with Gasteiger partial charge in [0.15, 0.2) is 11.2 Å². The minimum atomic E-state index is -0.711. The standard InChI is InChI=1S/C24H25N5O5/c1-32-17-9-7-16(8-10-17)26-24-27-22-21(23(31)28-24)25-14-29(22)20-11-18(30)19(34-20)13-33-12-15-5-3-2-4-6-15/h2-10,14,18-20,30H,11-13H2,1H3,(H2,26,27,28,31)/t18-,19+,20+/m0/s1. The summed E-state index contributed by atoms with van der Waals surface area (Å²) in [7, 11) is 1.60. The SMILES string of the molecule is COc1ccc(Nc2nc3c(ncn3[C@H]3C[C@H](O)[C@@H](COCc4ccccc4)O3)c(=O)[nH]2)cc1. The maximum Gasteiger partial charge on any atom is 0.280 e. The number of aliphatic hydroxyl groups excluding tert-OH is 1. The van der Waals surface area contributed by atoms with Crippen LogP contribution in [0.5, 0.6) is 5.75 Å². The maximum absolute atomic E-state index is 12.6. The Bertz CT molecular complexity index is 1310. The Balaban J connectivity index is 1.30. The van der Waals surface area contributed by atoms with E-state index in [1.807, 2.05) is 42.5 Å². The summed E-state index contributed by atoms with van der Waals surface area (Å²) in [6.07, 6.45) is 0.116. The number of nitrogens with zero attached hydrogens (tertiary/aromatic N) is 3. The maximum atomic E-state index is 12.6. The molecule has 5 rings (SSSR count). The zero-order chi connectivity index (χ0) is 23.5. The van der Waals surface area contributed by atoms with Gasteiger partial charge in [0.25, 0.3) is 5.56 Å². The molecule has 1 aliphatic heterocycles. The van der Waals surface area contributed by atoms with Crippen molar-refractivity contribution in [2.24, 2.45) is 0 Å². The van der Waals surface area contributed by atoms with Crippen LogP contribution in [0.15, 0.2) is 65.7 Å². The van der Waals surface area contributed by atoms with Crippen LogP contribution in [0.1, 0.15) is 18.2 Å². The molecular weight excluding hydrogens is 438 g/mol. The van der Waals surface area contributed by atoms with E-state index in [1.54, 1.807) is 23.8 Å². The Labute approximate surface area is 195 Å². The predicted octanol–water partition coefficient (Wildman–Crippen LogP) is 2.74. The molecule has 0 radical (unpaired) electrons. The number of nitrogens with one attached hydrogen (secondary N) is 2. The highest BCUT2D eigenvalue weighted by Crippen LogP contribution is 2.31. The lowest BCUT2D eigenvalue weighted by molar-refractivity contribution is -0.0646. The zero-order valence-electron chi connectivity index (χ0n) is 18.5. The second kappa shape index (κ2) is 9.64. The zero-order valence-corrected chi connectivity index (χ0v) is 18.5. The van der Waals surface area contributed by atoms with Gasteiger partial charge < -0.3 is 24.6 Å². The molecule has 0 saturated carbocycles. The highest BCUT2D eigenvalue weighted by atomic mass is 16.6. The van der Waals surface area contributed by atoms with Crippen LogP contribution >= 0.6 is 0 Å². The fraction of sp³-hybridized carbons (Fsp3) is 0.292. The second-order valence-electron chi connectivity index (χ2n) is 8.03. The molecule has 1 fully saturated rings. The highest BCUT2D eigenvalue weighted by Gasteiger charge is 2.36. The molecule has 0 aliphatic carbocycles. The van der Waals surface area contributed by atoms with Gasteiger partial charge in [-0.15, -0.1) is 0 Å². The van der Waals surface area contributed by atoms with Gasteiger partial charge in [-0.3, -0.25) is 14.3 Å². The van der Waals surface area contributed by atoms with Crippen LogP contribution in [0.25, 0.3) is 11.2 Å². The average molecular weight is 463 g/mol. The predicted molar refractivity (Wildman–Crippen MR) is 125 cm³/mol. The van der Waals surface area contributed by atoms with E-state index in [9.17, 15) is 9.90 Å². The van der Waals surface area contributed by atoms with Crippen LogP contribution < -0.4 is 15.6 Å². The van der Waals surface area contributed by atoms with Gasteiger partial charge in [0.05, 0.1) is 32.8 Å². The molecule has 0 spiro atoms. The van der Waals surface area contributed by atoms with Crippen molar-refractivity contribution in [2.75, 3.05) is 19.0 Å². The lowest BCUT2D eigenvalue weighted by atomic mass is 10.2. The van der Waals surface area contributed by atoms with Crippen molar-refractivity contribution in [3.05, 3.63) is 76.8 Å². The normalized spacial score (nSPS) is 20.0. The number of fused-ring (bicyclic) bond motifs is 1. The quantitative estimate of drug-likeness (QED) is 0.365.